The van der Waals surface area contributed by atoms with Crippen LogP contribution in [0.15, 0.2) is 54.6 Å². The van der Waals surface area contributed by atoms with Crippen LogP contribution in [0.5, 0.6) is 5.75 Å². The summed E-state index contributed by atoms with van der Waals surface area (Å²) >= 11 is 12.1. The van der Waals surface area contributed by atoms with Crippen LogP contribution in [0.1, 0.15) is 24.0 Å². The van der Waals surface area contributed by atoms with E-state index >= 15 is 0 Å². The molecule has 1 aliphatic heterocycles. The van der Waals surface area contributed by atoms with Crippen molar-refractivity contribution in [3.8, 4) is 5.75 Å². The van der Waals surface area contributed by atoms with Crippen LogP contribution < -0.4 is 10.1 Å². The van der Waals surface area contributed by atoms with Gasteiger partial charge in [-0.25, -0.2) is 0 Å². The molecule has 3 aromatic rings. The lowest BCUT2D eigenvalue weighted by Gasteiger charge is -2.17. The van der Waals surface area contributed by atoms with E-state index in [1.807, 2.05) is 18.2 Å². The molecule has 1 unspecified atom stereocenters. The Morgan fingerprint density at radius 2 is 1.93 bits per heavy atom. The van der Waals surface area contributed by atoms with Gasteiger partial charge < -0.3 is 14.8 Å². The van der Waals surface area contributed by atoms with Gasteiger partial charge >= 0.3 is 0 Å². The third-order valence-electron chi connectivity index (χ3n) is 5.07. The van der Waals surface area contributed by atoms with Gasteiger partial charge in [-0.15, -0.1) is 0 Å². The van der Waals surface area contributed by atoms with E-state index in [9.17, 15) is 0 Å². The van der Waals surface area contributed by atoms with Gasteiger partial charge in [0.15, 0.2) is 0 Å². The zero-order chi connectivity index (χ0) is 19.3. The Labute approximate surface area is 175 Å². The highest BCUT2D eigenvalue weighted by Gasteiger charge is 2.16. The SMILES string of the molecule is Clc1ccc(COc2ccc3ccccc3c2CNCC2CCCO2)cc1Cl. The van der Waals surface area contributed by atoms with Crippen molar-refractivity contribution in [3.05, 3.63) is 75.8 Å². The fourth-order valence-corrected chi connectivity index (χ4v) is 3.91. The highest BCUT2D eigenvalue weighted by Crippen LogP contribution is 2.30. The van der Waals surface area contributed by atoms with Crippen LogP contribution in [0.4, 0.5) is 0 Å². The number of fused-ring (bicyclic) bond motifs is 1. The summed E-state index contributed by atoms with van der Waals surface area (Å²) in [6, 6.07) is 18.1. The minimum absolute atomic E-state index is 0.315. The van der Waals surface area contributed by atoms with Crippen LogP contribution in [0.25, 0.3) is 10.8 Å². The molecule has 0 radical (unpaired) electrons. The summed E-state index contributed by atoms with van der Waals surface area (Å²) in [5.41, 5.74) is 2.15. The Bertz CT molecular complexity index is 954. The molecule has 1 aliphatic rings. The minimum Gasteiger partial charge on any atom is -0.489 e. The molecule has 1 heterocycles. The van der Waals surface area contributed by atoms with Crippen molar-refractivity contribution >= 4 is 34.0 Å². The number of hydrogen-bond acceptors (Lipinski definition) is 3. The standard InChI is InChI=1S/C23H23Cl2NO2/c24-21-9-7-16(12-22(21)25)15-28-23-10-8-17-4-1-2-6-19(17)20(23)14-26-13-18-5-3-11-27-18/h1-2,4,6-10,12,18,26H,3,5,11,13-15H2. The summed E-state index contributed by atoms with van der Waals surface area (Å²) < 4.78 is 11.9. The first-order chi connectivity index (χ1) is 13.7. The fourth-order valence-electron chi connectivity index (χ4n) is 3.59. The van der Waals surface area contributed by atoms with Crippen molar-refractivity contribution in [2.24, 2.45) is 0 Å². The first kappa shape index (κ1) is 19.5. The molecule has 0 aromatic heterocycles. The molecule has 0 saturated carbocycles. The second kappa shape index (κ2) is 9.15. The lowest BCUT2D eigenvalue weighted by atomic mass is 10.0. The van der Waals surface area contributed by atoms with E-state index in [1.165, 1.54) is 10.8 Å². The van der Waals surface area contributed by atoms with Gasteiger partial charge in [0.1, 0.15) is 12.4 Å². The third kappa shape index (κ3) is 4.61. The smallest absolute Gasteiger partial charge is 0.124 e. The first-order valence-electron chi connectivity index (χ1n) is 9.60. The Morgan fingerprint density at radius 1 is 1.04 bits per heavy atom. The lowest BCUT2D eigenvalue weighted by Crippen LogP contribution is -2.26. The maximum atomic E-state index is 6.18. The van der Waals surface area contributed by atoms with Crippen LogP contribution in [-0.2, 0) is 17.9 Å². The Morgan fingerprint density at radius 3 is 2.75 bits per heavy atom. The van der Waals surface area contributed by atoms with E-state index in [4.69, 9.17) is 32.7 Å². The molecule has 1 N–H and O–H groups in total. The topological polar surface area (TPSA) is 30.5 Å². The van der Waals surface area contributed by atoms with Crippen LogP contribution in [0.2, 0.25) is 10.0 Å². The quantitative estimate of drug-likeness (QED) is 0.513. The molecule has 1 fully saturated rings. The van der Waals surface area contributed by atoms with Crippen LogP contribution in [0.3, 0.4) is 0 Å². The number of nitrogens with one attached hydrogen (secondary N) is 1. The van der Waals surface area contributed by atoms with Crippen molar-refractivity contribution in [1.82, 2.24) is 5.32 Å². The Balaban J connectivity index is 1.52. The molecule has 3 nitrogen and oxygen atoms in total. The van der Waals surface area contributed by atoms with E-state index in [0.717, 1.165) is 49.4 Å². The minimum atomic E-state index is 0.315. The van der Waals surface area contributed by atoms with E-state index in [1.54, 1.807) is 6.07 Å². The maximum absolute atomic E-state index is 6.18. The second-order valence-corrected chi connectivity index (χ2v) is 7.88. The predicted octanol–water partition coefficient (Wildman–Crippen LogP) is 5.99. The molecule has 1 atom stereocenters. The molecule has 1 saturated heterocycles. The summed E-state index contributed by atoms with van der Waals surface area (Å²) in [4.78, 5) is 0. The largest absolute Gasteiger partial charge is 0.489 e. The first-order valence-corrected chi connectivity index (χ1v) is 10.4. The molecular weight excluding hydrogens is 393 g/mol. The van der Waals surface area contributed by atoms with Gasteiger partial charge in [0, 0.05) is 25.3 Å². The molecule has 0 aliphatic carbocycles. The highest BCUT2D eigenvalue weighted by atomic mass is 35.5. The fraction of sp³-hybridized carbons (Fsp3) is 0.304. The monoisotopic (exact) mass is 415 g/mol. The molecular formula is C23H23Cl2NO2. The van der Waals surface area contributed by atoms with Crippen LogP contribution >= 0.6 is 23.2 Å². The van der Waals surface area contributed by atoms with Gasteiger partial charge in [-0.1, -0.05) is 59.6 Å². The van der Waals surface area contributed by atoms with E-state index in [-0.39, 0.29) is 0 Å². The normalized spacial score (nSPS) is 16.6. The van der Waals surface area contributed by atoms with Crippen molar-refractivity contribution < 1.29 is 9.47 Å². The van der Waals surface area contributed by atoms with Crippen molar-refractivity contribution in [2.45, 2.75) is 32.1 Å². The van der Waals surface area contributed by atoms with Gasteiger partial charge in [-0.2, -0.15) is 0 Å². The third-order valence-corrected chi connectivity index (χ3v) is 5.81. The Kier molecular flexibility index (Phi) is 6.38. The molecule has 5 heteroatoms. The molecule has 0 amide bonds. The maximum Gasteiger partial charge on any atom is 0.124 e. The van der Waals surface area contributed by atoms with Crippen LogP contribution in [0, 0.1) is 0 Å². The average Bonchev–Trinajstić information content (AvgIpc) is 3.23. The predicted molar refractivity (Wildman–Crippen MR) is 115 cm³/mol. The van der Waals surface area contributed by atoms with E-state index in [2.05, 4.69) is 35.6 Å². The number of benzene rings is 3. The lowest BCUT2D eigenvalue weighted by molar-refractivity contribution is 0.110. The number of hydrogen-bond donors (Lipinski definition) is 1. The molecule has 0 spiro atoms. The van der Waals surface area contributed by atoms with Gasteiger partial charge in [0.05, 0.1) is 16.1 Å². The van der Waals surface area contributed by atoms with E-state index in [0.29, 0.717) is 22.8 Å². The van der Waals surface area contributed by atoms with E-state index < -0.39 is 0 Å². The van der Waals surface area contributed by atoms with Gasteiger partial charge in [0.2, 0.25) is 0 Å². The Hall–Kier alpha value is -1.78. The summed E-state index contributed by atoms with van der Waals surface area (Å²) in [7, 11) is 0. The summed E-state index contributed by atoms with van der Waals surface area (Å²) in [6.07, 6.45) is 2.59. The number of rotatable bonds is 7. The number of ether oxygens (including phenoxy) is 2. The molecule has 146 valence electrons. The van der Waals surface area contributed by atoms with Gasteiger partial charge in [-0.05, 0) is 47.4 Å². The van der Waals surface area contributed by atoms with Crippen molar-refractivity contribution in [3.63, 3.8) is 0 Å². The van der Waals surface area contributed by atoms with Crippen LogP contribution in [-0.4, -0.2) is 19.3 Å². The zero-order valence-electron chi connectivity index (χ0n) is 15.6. The molecule has 28 heavy (non-hydrogen) atoms. The molecule has 0 bridgehead atoms. The van der Waals surface area contributed by atoms with Crippen molar-refractivity contribution in [2.75, 3.05) is 13.2 Å². The number of halogens is 2. The molecule has 4 rings (SSSR count). The zero-order valence-corrected chi connectivity index (χ0v) is 17.1. The second-order valence-electron chi connectivity index (χ2n) is 7.07. The van der Waals surface area contributed by atoms with Gasteiger partial charge in [-0.3, -0.25) is 0 Å². The van der Waals surface area contributed by atoms with Crippen molar-refractivity contribution in [1.29, 1.82) is 0 Å². The summed E-state index contributed by atoms with van der Waals surface area (Å²) in [6.45, 7) is 2.90. The summed E-state index contributed by atoms with van der Waals surface area (Å²) in [5.74, 6) is 0.879. The average molecular weight is 416 g/mol. The highest BCUT2D eigenvalue weighted by molar-refractivity contribution is 6.42. The molecule has 3 aromatic carbocycles. The summed E-state index contributed by atoms with van der Waals surface area (Å²) in [5, 5.41) is 7.05. The van der Waals surface area contributed by atoms with Gasteiger partial charge in [0.25, 0.3) is 0 Å².